The summed E-state index contributed by atoms with van der Waals surface area (Å²) in [4.78, 5) is 11.8. The van der Waals surface area contributed by atoms with Gasteiger partial charge in [0.15, 0.2) is 0 Å². The largest absolute Gasteiger partial charge is 0.399 e. The summed E-state index contributed by atoms with van der Waals surface area (Å²) in [5.74, 6) is 0. The fourth-order valence-electron chi connectivity index (χ4n) is 1.61. The second kappa shape index (κ2) is 4.20. The molecule has 16 heavy (non-hydrogen) atoms. The second-order valence-electron chi connectivity index (χ2n) is 3.50. The molecule has 1 heterocycles. The lowest BCUT2D eigenvalue weighted by Crippen LogP contribution is -2.19. The Balaban J connectivity index is 2.63. The van der Waals surface area contributed by atoms with E-state index in [4.69, 9.17) is 11.5 Å². The molecule has 4 nitrogen and oxygen atoms in total. The van der Waals surface area contributed by atoms with Gasteiger partial charge in [0.25, 0.3) is 5.56 Å². The molecule has 0 saturated carbocycles. The fraction of sp³-hybridized carbons (Fsp3) is 0.0833. The van der Waals surface area contributed by atoms with Crippen molar-refractivity contribution in [2.45, 2.75) is 6.54 Å². The van der Waals surface area contributed by atoms with E-state index in [9.17, 15) is 4.79 Å². The number of hydrogen-bond donors (Lipinski definition) is 2. The van der Waals surface area contributed by atoms with E-state index in [1.165, 1.54) is 6.07 Å². The summed E-state index contributed by atoms with van der Waals surface area (Å²) in [6, 6.07) is 10.6. The minimum absolute atomic E-state index is 0.152. The van der Waals surface area contributed by atoms with Crippen LogP contribution in [0.2, 0.25) is 0 Å². The molecule has 0 aliphatic rings. The quantitative estimate of drug-likeness (QED) is 0.780. The Kier molecular flexibility index (Phi) is 2.74. The maximum absolute atomic E-state index is 11.8. The van der Waals surface area contributed by atoms with Gasteiger partial charge >= 0.3 is 0 Å². The van der Waals surface area contributed by atoms with Gasteiger partial charge in [-0.15, -0.1) is 0 Å². The molecule has 2 aromatic rings. The van der Waals surface area contributed by atoms with Crippen molar-refractivity contribution in [3.8, 4) is 5.69 Å². The molecule has 0 saturated heterocycles. The topological polar surface area (TPSA) is 74.0 Å². The van der Waals surface area contributed by atoms with Crippen LogP contribution in [0.4, 0.5) is 5.69 Å². The number of para-hydroxylation sites is 1. The number of nitrogen functional groups attached to an aromatic ring is 1. The van der Waals surface area contributed by atoms with Crippen LogP contribution in [0.5, 0.6) is 0 Å². The van der Waals surface area contributed by atoms with Crippen LogP contribution in [0, 0.1) is 0 Å². The SMILES string of the molecule is NCc1ccccc1-n1ccc(N)cc1=O. The molecule has 0 aliphatic heterocycles. The Morgan fingerprint density at radius 2 is 1.94 bits per heavy atom. The normalized spacial score (nSPS) is 10.3. The second-order valence-corrected chi connectivity index (χ2v) is 3.50. The number of nitrogens with zero attached hydrogens (tertiary/aromatic N) is 1. The summed E-state index contributed by atoms with van der Waals surface area (Å²) >= 11 is 0. The van der Waals surface area contributed by atoms with E-state index in [0.29, 0.717) is 12.2 Å². The van der Waals surface area contributed by atoms with Gasteiger partial charge < -0.3 is 11.5 Å². The highest BCUT2D eigenvalue weighted by molar-refractivity contribution is 5.43. The zero-order valence-corrected chi connectivity index (χ0v) is 8.76. The van der Waals surface area contributed by atoms with Crippen LogP contribution in [0.15, 0.2) is 47.4 Å². The summed E-state index contributed by atoms with van der Waals surface area (Å²) in [6.45, 7) is 0.396. The summed E-state index contributed by atoms with van der Waals surface area (Å²) in [5.41, 5.74) is 13.2. The van der Waals surface area contributed by atoms with Crippen molar-refractivity contribution in [1.82, 2.24) is 4.57 Å². The number of aromatic nitrogens is 1. The molecule has 0 radical (unpaired) electrons. The molecule has 4 N–H and O–H groups in total. The first-order chi connectivity index (χ1) is 7.72. The monoisotopic (exact) mass is 215 g/mol. The fourth-order valence-corrected chi connectivity index (χ4v) is 1.61. The average Bonchev–Trinajstić information content (AvgIpc) is 2.29. The number of anilines is 1. The lowest BCUT2D eigenvalue weighted by Gasteiger charge is -2.10. The lowest BCUT2D eigenvalue weighted by molar-refractivity contribution is 0.946. The van der Waals surface area contributed by atoms with Crippen molar-refractivity contribution in [3.63, 3.8) is 0 Å². The standard InChI is InChI=1S/C12H13N3O/c13-8-9-3-1-2-4-11(9)15-6-5-10(14)7-12(15)16/h1-7H,8,13-14H2. The van der Waals surface area contributed by atoms with E-state index in [0.717, 1.165) is 11.3 Å². The van der Waals surface area contributed by atoms with Crippen LogP contribution < -0.4 is 17.0 Å². The van der Waals surface area contributed by atoms with Crippen molar-refractivity contribution in [3.05, 3.63) is 58.5 Å². The molecule has 1 aromatic carbocycles. The summed E-state index contributed by atoms with van der Waals surface area (Å²) in [5, 5.41) is 0. The van der Waals surface area contributed by atoms with Crippen LogP contribution in [-0.2, 0) is 6.54 Å². The maximum atomic E-state index is 11.8. The molecule has 0 aliphatic carbocycles. The van der Waals surface area contributed by atoms with Crippen LogP contribution >= 0.6 is 0 Å². The van der Waals surface area contributed by atoms with Gasteiger partial charge in [-0.2, -0.15) is 0 Å². The Morgan fingerprint density at radius 1 is 1.19 bits per heavy atom. The summed E-state index contributed by atoms with van der Waals surface area (Å²) in [6.07, 6.45) is 1.66. The van der Waals surface area contributed by atoms with Gasteiger partial charge in [-0.05, 0) is 17.7 Å². The summed E-state index contributed by atoms with van der Waals surface area (Å²) in [7, 11) is 0. The highest BCUT2D eigenvalue weighted by Crippen LogP contribution is 2.12. The molecule has 0 bridgehead atoms. The van der Waals surface area contributed by atoms with Crippen LogP contribution in [0.3, 0.4) is 0 Å². The number of benzene rings is 1. The molecular weight excluding hydrogens is 202 g/mol. The maximum Gasteiger partial charge on any atom is 0.257 e. The molecule has 4 heteroatoms. The van der Waals surface area contributed by atoms with E-state index in [-0.39, 0.29) is 5.56 Å². The average molecular weight is 215 g/mol. The van der Waals surface area contributed by atoms with E-state index < -0.39 is 0 Å². The minimum Gasteiger partial charge on any atom is -0.399 e. The molecule has 0 unspecified atom stereocenters. The molecule has 82 valence electrons. The Morgan fingerprint density at radius 3 is 2.62 bits per heavy atom. The van der Waals surface area contributed by atoms with Crippen molar-refractivity contribution in [2.24, 2.45) is 5.73 Å². The molecule has 0 atom stereocenters. The highest BCUT2D eigenvalue weighted by Gasteiger charge is 2.03. The zero-order valence-electron chi connectivity index (χ0n) is 8.76. The number of nitrogens with two attached hydrogens (primary N) is 2. The van der Waals surface area contributed by atoms with Gasteiger partial charge in [0, 0.05) is 24.5 Å². The molecule has 0 fully saturated rings. The van der Waals surface area contributed by atoms with E-state index >= 15 is 0 Å². The van der Waals surface area contributed by atoms with Crippen LogP contribution in [-0.4, -0.2) is 4.57 Å². The first-order valence-corrected chi connectivity index (χ1v) is 4.99. The van der Waals surface area contributed by atoms with Crippen LogP contribution in [0.1, 0.15) is 5.56 Å². The van der Waals surface area contributed by atoms with Crippen molar-refractivity contribution in [1.29, 1.82) is 0 Å². The van der Waals surface area contributed by atoms with Crippen molar-refractivity contribution in [2.75, 3.05) is 5.73 Å². The molecular formula is C12H13N3O. The van der Waals surface area contributed by atoms with E-state index in [1.807, 2.05) is 24.3 Å². The zero-order chi connectivity index (χ0) is 11.5. The van der Waals surface area contributed by atoms with Gasteiger partial charge in [-0.25, -0.2) is 0 Å². The third-order valence-corrected chi connectivity index (χ3v) is 2.41. The Hall–Kier alpha value is -2.07. The Labute approximate surface area is 93.1 Å². The van der Waals surface area contributed by atoms with Gasteiger partial charge in [-0.1, -0.05) is 18.2 Å². The van der Waals surface area contributed by atoms with Gasteiger partial charge in [0.05, 0.1) is 5.69 Å². The predicted octanol–water partition coefficient (Wildman–Crippen LogP) is 0.878. The number of pyridine rings is 1. The predicted molar refractivity (Wildman–Crippen MR) is 64.3 cm³/mol. The van der Waals surface area contributed by atoms with Gasteiger partial charge in [0.1, 0.15) is 0 Å². The van der Waals surface area contributed by atoms with E-state index in [2.05, 4.69) is 0 Å². The van der Waals surface area contributed by atoms with Crippen LogP contribution in [0.25, 0.3) is 5.69 Å². The third-order valence-electron chi connectivity index (χ3n) is 2.41. The molecule has 0 spiro atoms. The third kappa shape index (κ3) is 1.83. The summed E-state index contributed by atoms with van der Waals surface area (Å²) < 4.78 is 1.54. The molecule has 0 amide bonds. The first-order valence-electron chi connectivity index (χ1n) is 4.99. The Bertz CT molecular complexity index is 560. The van der Waals surface area contributed by atoms with Gasteiger partial charge in [-0.3, -0.25) is 9.36 Å². The minimum atomic E-state index is -0.152. The van der Waals surface area contributed by atoms with Crippen molar-refractivity contribution >= 4 is 5.69 Å². The number of rotatable bonds is 2. The van der Waals surface area contributed by atoms with Gasteiger partial charge in [0.2, 0.25) is 0 Å². The van der Waals surface area contributed by atoms with E-state index in [1.54, 1.807) is 16.8 Å². The number of hydrogen-bond acceptors (Lipinski definition) is 3. The molecule has 2 rings (SSSR count). The molecule has 1 aromatic heterocycles. The first kappa shape index (κ1) is 10.4. The smallest absolute Gasteiger partial charge is 0.257 e. The highest BCUT2D eigenvalue weighted by atomic mass is 16.1. The van der Waals surface area contributed by atoms with Crippen molar-refractivity contribution < 1.29 is 0 Å². The lowest BCUT2D eigenvalue weighted by atomic mass is 10.1.